The van der Waals surface area contributed by atoms with Crippen molar-refractivity contribution < 1.29 is 14.0 Å². The number of hydrogen-bond donors (Lipinski definition) is 0. The lowest BCUT2D eigenvalue weighted by Gasteiger charge is -2.27. The highest BCUT2D eigenvalue weighted by molar-refractivity contribution is 9.10. The zero-order valence-corrected chi connectivity index (χ0v) is 20.2. The summed E-state index contributed by atoms with van der Waals surface area (Å²) in [5.41, 5.74) is 1.73. The third-order valence-corrected chi connectivity index (χ3v) is 5.68. The molecule has 0 saturated heterocycles. The van der Waals surface area contributed by atoms with Gasteiger partial charge in [-0.3, -0.25) is 9.59 Å². The molecule has 2 amide bonds. The molecular formula is C26H29BrN2O3. The van der Waals surface area contributed by atoms with Crippen LogP contribution in [0.25, 0.3) is 0 Å². The molecular weight excluding hydrogens is 468 g/mol. The van der Waals surface area contributed by atoms with E-state index in [4.69, 9.17) is 4.42 Å². The summed E-state index contributed by atoms with van der Waals surface area (Å²) in [6.07, 6.45) is 1.51. The van der Waals surface area contributed by atoms with Crippen molar-refractivity contribution in [2.45, 2.75) is 33.2 Å². The molecule has 0 N–H and O–H groups in total. The summed E-state index contributed by atoms with van der Waals surface area (Å²) in [5.74, 6) is 1.32. The average molecular weight is 497 g/mol. The molecule has 1 aromatic heterocycles. The summed E-state index contributed by atoms with van der Waals surface area (Å²) in [6, 6.07) is 21.1. The first kappa shape index (κ1) is 23.8. The summed E-state index contributed by atoms with van der Waals surface area (Å²) < 4.78 is 6.56. The maximum absolute atomic E-state index is 13.3. The fourth-order valence-corrected chi connectivity index (χ4v) is 3.95. The monoisotopic (exact) mass is 496 g/mol. The van der Waals surface area contributed by atoms with E-state index in [1.165, 1.54) is 0 Å². The Kier molecular flexibility index (Phi) is 8.68. The van der Waals surface area contributed by atoms with Crippen LogP contribution in [0.3, 0.4) is 0 Å². The molecule has 0 saturated carbocycles. The van der Waals surface area contributed by atoms with Gasteiger partial charge in [-0.1, -0.05) is 59.3 Å². The maximum atomic E-state index is 13.3. The first-order chi connectivity index (χ1) is 15.5. The smallest absolute Gasteiger partial charge is 0.254 e. The molecule has 0 fully saturated rings. The van der Waals surface area contributed by atoms with Crippen molar-refractivity contribution in [2.24, 2.45) is 0 Å². The molecule has 0 spiro atoms. The van der Waals surface area contributed by atoms with E-state index in [1.54, 1.807) is 21.9 Å². The number of carbonyl (C=O) groups is 2. The quantitative estimate of drug-likeness (QED) is 0.373. The van der Waals surface area contributed by atoms with E-state index in [0.29, 0.717) is 25.2 Å². The Bertz CT molecular complexity index is 1030. The van der Waals surface area contributed by atoms with Crippen LogP contribution < -0.4 is 0 Å². The number of halogens is 1. The Labute approximate surface area is 198 Å². The van der Waals surface area contributed by atoms with E-state index in [0.717, 1.165) is 34.4 Å². The molecule has 0 aliphatic rings. The third-order valence-electron chi connectivity index (χ3n) is 5.19. The number of benzene rings is 2. The average Bonchev–Trinajstić information content (AvgIpc) is 3.21. The number of nitrogens with zero attached hydrogens (tertiary/aromatic N) is 2. The van der Waals surface area contributed by atoms with Gasteiger partial charge < -0.3 is 14.2 Å². The molecule has 0 atom stereocenters. The molecule has 0 aliphatic carbocycles. The lowest BCUT2D eigenvalue weighted by Crippen LogP contribution is -2.43. The van der Waals surface area contributed by atoms with Gasteiger partial charge in [0, 0.05) is 23.1 Å². The van der Waals surface area contributed by atoms with Gasteiger partial charge in [0.1, 0.15) is 18.1 Å². The van der Waals surface area contributed by atoms with E-state index in [-0.39, 0.29) is 18.4 Å². The van der Waals surface area contributed by atoms with Gasteiger partial charge in [0.05, 0.1) is 6.54 Å². The van der Waals surface area contributed by atoms with Crippen molar-refractivity contribution in [3.05, 3.63) is 93.9 Å². The molecule has 3 rings (SSSR count). The Morgan fingerprint density at radius 2 is 1.72 bits per heavy atom. The Balaban J connectivity index is 1.75. The van der Waals surface area contributed by atoms with Crippen molar-refractivity contribution in [1.29, 1.82) is 0 Å². The molecule has 2 aromatic carbocycles. The highest BCUT2D eigenvalue weighted by Crippen LogP contribution is 2.15. The lowest BCUT2D eigenvalue weighted by molar-refractivity contribution is -0.132. The van der Waals surface area contributed by atoms with Crippen LogP contribution in [-0.2, 0) is 17.8 Å². The van der Waals surface area contributed by atoms with Gasteiger partial charge >= 0.3 is 0 Å². The van der Waals surface area contributed by atoms with E-state index in [1.807, 2.05) is 56.3 Å². The zero-order valence-electron chi connectivity index (χ0n) is 18.6. The molecule has 3 aromatic rings. The van der Waals surface area contributed by atoms with Gasteiger partial charge in [-0.25, -0.2) is 0 Å². The molecule has 0 aliphatic heterocycles. The minimum atomic E-state index is -0.140. The summed E-state index contributed by atoms with van der Waals surface area (Å²) in [5, 5.41) is 0. The minimum absolute atomic E-state index is 0.0354. The van der Waals surface area contributed by atoms with Crippen molar-refractivity contribution in [2.75, 3.05) is 19.6 Å². The van der Waals surface area contributed by atoms with Crippen molar-refractivity contribution in [3.8, 4) is 0 Å². The standard InChI is InChI=1S/C26H29BrN2O3/c1-3-15-29(26(31)22-10-7-11-23(27)17-22)19-25(30)28(18-24-13-12-20(2)32-24)16-14-21-8-5-4-6-9-21/h4-13,17H,3,14-16,18-19H2,1-2H3. The zero-order chi connectivity index (χ0) is 22.9. The van der Waals surface area contributed by atoms with Crippen LogP contribution in [0.2, 0.25) is 0 Å². The van der Waals surface area contributed by atoms with Gasteiger partial charge in [-0.05, 0) is 55.7 Å². The second kappa shape index (κ2) is 11.7. The van der Waals surface area contributed by atoms with Gasteiger partial charge in [-0.2, -0.15) is 0 Å². The van der Waals surface area contributed by atoms with Gasteiger partial charge in [0.15, 0.2) is 0 Å². The van der Waals surface area contributed by atoms with Crippen LogP contribution >= 0.6 is 15.9 Å². The van der Waals surface area contributed by atoms with E-state index >= 15 is 0 Å². The minimum Gasteiger partial charge on any atom is -0.464 e. The van der Waals surface area contributed by atoms with Gasteiger partial charge in [0.2, 0.25) is 5.91 Å². The predicted octanol–water partition coefficient (Wildman–Crippen LogP) is 5.47. The first-order valence-corrected chi connectivity index (χ1v) is 11.7. The molecule has 0 radical (unpaired) electrons. The normalized spacial score (nSPS) is 10.7. The molecule has 1 heterocycles. The lowest BCUT2D eigenvalue weighted by atomic mass is 10.1. The number of hydrogen-bond acceptors (Lipinski definition) is 3. The molecule has 0 unspecified atom stereocenters. The van der Waals surface area contributed by atoms with Crippen LogP contribution in [0.1, 0.15) is 40.8 Å². The van der Waals surface area contributed by atoms with Crippen molar-refractivity contribution >= 4 is 27.7 Å². The summed E-state index contributed by atoms with van der Waals surface area (Å²) in [6.45, 7) is 5.37. The molecule has 32 heavy (non-hydrogen) atoms. The summed E-state index contributed by atoms with van der Waals surface area (Å²) in [4.78, 5) is 29.9. The maximum Gasteiger partial charge on any atom is 0.254 e. The van der Waals surface area contributed by atoms with E-state index in [9.17, 15) is 9.59 Å². The Morgan fingerprint density at radius 1 is 0.938 bits per heavy atom. The summed E-state index contributed by atoms with van der Waals surface area (Å²) in [7, 11) is 0. The molecule has 0 bridgehead atoms. The fourth-order valence-electron chi connectivity index (χ4n) is 3.55. The van der Waals surface area contributed by atoms with Crippen LogP contribution in [0.5, 0.6) is 0 Å². The molecule has 6 heteroatoms. The number of amides is 2. The first-order valence-electron chi connectivity index (χ1n) is 10.9. The van der Waals surface area contributed by atoms with Crippen LogP contribution in [0, 0.1) is 6.92 Å². The fraction of sp³-hybridized carbons (Fsp3) is 0.308. The highest BCUT2D eigenvalue weighted by atomic mass is 79.9. The highest BCUT2D eigenvalue weighted by Gasteiger charge is 2.23. The second-order valence-electron chi connectivity index (χ2n) is 7.80. The third kappa shape index (κ3) is 6.82. The number of carbonyl (C=O) groups excluding carboxylic acids is 2. The van der Waals surface area contributed by atoms with Crippen LogP contribution in [-0.4, -0.2) is 41.2 Å². The largest absolute Gasteiger partial charge is 0.464 e. The van der Waals surface area contributed by atoms with Gasteiger partial charge in [-0.15, -0.1) is 0 Å². The Morgan fingerprint density at radius 3 is 2.38 bits per heavy atom. The van der Waals surface area contributed by atoms with E-state index < -0.39 is 0 Å². The molecule has 5 nitrogen and oxygen atoms in total. The van der Waals surface area contributed by atoms with Crippen molar-refractivity contribution in [3.63, 3.8) is 0 Å². The summed E-state index contributed by atoms with van der Waals surface area (Å²) >= 11 is 3.42. The number of furan rings is 1. The van der Waals surface area contributed by atoms with E-state index in [2.05, 4.69) is 28.1 Å². The molecule has 168 valence electrons. The van der Waals surface area contributed by atoms with Crippen LogP contribution in [0.15, 0.2) is 75.6 Å². The van der Waals surface area contributed by atoms with Gasteiger partial charge in [0.25, 0.3) is 5.91 Å². The van der Waals surface area contributed by atoms with Crippen LogP contribution in [0.4, 0.5) is 0 Å². The second-order valence-corrected chi connectivity index (χ2v) is 8.72. The Hall–Kier alpha value is -2.86. The topological polar surface area (TPSA) is 53.8 Å². The predicted molar refractivity (Wildman–Crippen MR) is 129 cm³/mol. The van der Waals surface area contributed by atoms with Crippen molar-refractivity contribution in [1.82, 2.24) is 9.80 Å². The number of rotatable bonds is 10. The SMILES string of the molecule is CCCN(CC(=O)N(CCc1ccccc1)Cc1ccc(C)o1)C(=O)c1cccc(Br)c1. The number of aryl methyl sites for hydroxylation is 1.